The average Bonchev–Trinajstić information content (AvgIpc) is 3.20. The maximum atomic E-state index is 13.5. The monoisotopic (exact) mass is 390 g/mol. The number of nitrogens with zero attached hydrogens (tertiary/aromatic N) is 4. The minimum Gasteiger partial charge on any atom is -0.493 e. The summed E-state index contributed by atoms with van der Waals surface area (Å²) >= 11 is 0. The predicted molar refractivity (Wildman–Crippen MR) is 102 cm³/mol. The van der Waals surface area contributed by atoms with Gasteiger partial charge in [-0.15, -0.1) is 0 Å². The maximum absolute atomic E-state index is 13.5. The van der Waals surface area contributed by atoms with Crippen LogP contribution in [0.2, 0.25) is 0 Å². The van der Waals surface area contributed by atoms with Crippen molar-refractivity contribution in [1.82, 2.24) is 14.9 Å². The van der Waals surface area contributed by atoms with Gasteiger partial charge < -0.3 is 14.4 Å². The number of methoxy groups -OCH3 is 2. The number of fused-ring (bicyclic) bond motifs is 1. The fourth-order valence-corrected chi connectivity index (χ4v) is 4.02. The van der Waals surface area contributed by atoms with Gasteiger partial charge in [-0.1, -0.05) is 0 Å². The number of hydrogen-bond acceptors (Lipinski definition) is 6. The van der Waals surface area contributed by atoms with Crippen LogP contribution in [0.5, 0.6) is 11.5 Å². The molecular formula is C20H24F2N4O2. The first kappa shape index (κ1) is 18.9. The molecule has 1 atom stereocenters. The molecule has 2 aromatic rings. The largest absolute Gasteiger partial charge is 0.493 e. The van der Waals surface area contributed by atoms with Crippen LogP contribution in [0.25, 0.3) is 11.3 Å². The third-order valence-electron chi connectivity index (χ3n) is 5.51. The van der Waals surface area contributed by atoms with Gasteiger partial charge in [0.1, 0.15) is 5.69 Å². The van der Waals surface area contributed by atoms with E-state index in [1.807, 2.05) is 4.90 Å². The van der Waals surface area contributed by atoms with Gasteiger partial charge in [-0.25, -0.2) is 18.7 Å². The van der Waals surface area contributed by atoms with Crippen LogP contribution in [0.4, 0.5) is 14.7 Å². The van der Waals surface area contributed by atoms with E-state index in [1.54, 1.807) is 32.4 Å². The standard InChI is InChI=1S/C20H24F2N4O2/c1-27-17-6-5-13(10-18(17)28-2)15-11-16(19(21)22)24-20(23-15)26-9-8-25-7-3-4-14(25)12-26/h5-6,10-11,14,19H,3-4,7-9,12H2,1-2H3/t14-/m1/s1. The van der Waals surface area contributed by atoms with Crippen molar-refractivity contribution in [2.45, 2.75) is 25.3 Å². The molecule has 0 N–H and O–H groups in total. The van der Waals surface area contributed by atoms with Crippen molar-refractivity contribution in [3.63, 3.8) is 0 Å². The lowest BCUT2D eigenvalue weighted by Gasteiger charge is -2.37. The molecule has 4 rings (SSSR count). The van der Waals surface area contributed by atoms with E-state index in [2.05, 4.69) is 14.9 Å². The number of hydrogen-bond donors (Lipinski definition) is 0. The molecule has 1 aromatic heterocycles. The second-order valence-electron chi connectivity index (χ2n) is 7.13. The van der Waals surface area contributed by atoms with Gasteiger partial charge in [0, 0.05) is 31.2 Å². The van der Waals surface area contributed by atoms with Crippen molar-refractivity contribution in [3.05, 3.63) is 30.0 Å². The van der Waals surface area contributed by atoms with Gasteiger partial charge in [0.05, 0.1) is 19.9 Å². The maximum Gasteiger partial charge on any atom is 0.280 e. The summed E-state index contributed by atoms with van der Waals surface area (Å²) in [4.78, 5) is 13.3. The zero-order valence-corrected chi connectivity index (χ0v) is 16.1. The lowest BCUT2D eigenvalue weighted by Crippen LogP contribution is -2.50. The van der Waals surface area contributed by atoms with E-state index in [4.69, 9.17) is 9.47 Å². The number of aromatic nitrogens is 2. The van der Waals surface area contributed by atoms with Crippen LogP contribution in [0.1, 0.15) is 25.0 Å². The zero-order chi connectivity index (χ0) is 19.7. The van der Waals surface area contributed by atoms with Crippen LogP contribution in [0.3, 0.4) is 0 Å². The van der Waals surface area contributed by atoms with Crippen molar-refractivity contribution in [2.24, 2.45) is 0 Å². The first-order chi connectivity index (χ1) is 13.6. The Morgan fingerprint density at radius 3 is 2.61 bits per heavy atom. The number of alkyl halides is 2. The predicted octanol–water partition coefficient (Wildman–Crippen LogP) is 3.38. The van der Waals surface area contributed by atoms with E-state index in [0.29, 0.717) is 34.7 Å². The summed E-state index contributed by atoms with van der Waals surface area (Å²) in [6.45, 7) is 3.55. The summed E-state index contributed by atoms with van der Waals surface area (Å²) in [6, 6.07) is 7.08. The summed E-state index contributed by atoms with van der Waals surface area (Å²) < 4.78 is 37.6. The first-order valence-corrected chi connectivity index (χ1v) is 9.47. The molecule has 2 saturated heterocycles. The highest BCUT2D eigenvalue weighted by Crippen LogP contribution is 2.34. The number of rotatable bonds is 5. The highest BCUT2D eigenvalue weighted by atomic mass is 19.3. The molecule has 28 heavy (non-hydrogen) atoms. The smallest absolute Gasteiger partial charge is 0.280 e. The molecule has 0 unspecified atom stereocenters. The molecule has 0 saturated carbocycles. The van der Waals surface area contributed by atoms with Gasteiger partial charge in [0.15, 0.2) is 11.5 Å². The zero-order valence-electron chi connectivity index (χ0n) is 16.1. The van der Waals surface area contributed by atoms with Gasteiger partial charge in [0.25, 0.3) is 6.43 Å². The molecule has 2 fully saturated rings. The second-order valence-corrected chi connectivity index (χ2v) is 7.13. The van der Waals surface area contributed by atoms with Crippen molar-refractivity contribution in [2.75, 3.05) is 45.3 Å². The molecule has 2 aliphatic heterocycles. The summed E-state index contributed by atoms with van der Waals surface area (Å²) in [5.41, 5.74) is 0.876. The summed E-state index contributed by atoms with van der Waals surface area (Å²) in [5.74, 6) is 1.47. The Morgan fingerprint density at radius 2 is 1.86 bits per heavy atom. The van der Waals surface area contributed by atoms with E-state index in [1.165, 1.54) is 12.5 Å². The van der Waals surface area contributed by atoms with Crippen molar-refractivity contribution < 1.29 is 18.3 Å². The summed E-state index contributed by atoms with van der Waals surface area (Å²) in [5, 5.41) is 0. The van der Waals surface area contributed by atoms with E-state index >= 15 is 0 Å². The Morgan fingerprint density at radius 1 is 1.04 bits per heavy atom. The van der Waals surface area contributed by atoms with Crippen LogP contribution in [0, 0.1) is 0 Å². The fourth-order valence-electron chi connectivity index (χ4n) is 4.02. The molecule has 0 radical (unpaired) electrons. The molecule has 2 aliphatic rings. The third kappa shape index (κ3) is 3.61. The Hall–Kier alpha value is -2.48. The van der Waals surface area contributed by atoms with Crippen molar-refractivity contribution in [1.29, 1.82) is 0 Å². The lowest BCUT2D eigenvalue weighted by atomic mass is 10.1. The van der Waals surface area contributed by atoms with Gasteiger partial charge >= 0.3 is 0 Å². The minimum atomic E-state index is -2.66. The summed E-state index contributed by atoms with van der Waals surface area (Å²) in [6.07, 6.45) is -0.339. The van der Waals surface area contributed by atoms with Crippen molar-refractivity contribution >= 4 is 5.95 Å². The average molecular weight is 390 g/mol. The van der Waals surface area contributed by atoms with Crippen LogP contribution in [-0.2, 0) is 0 Å². The Kier molecular flexibility index (Phi) is 5.30. The molecule has 0 spiro atoms. The Bertz CT molecular complexity index is 849. The van der Waals surface area contributed by atoms with E-state index in [9.17, 15) is 8.78 Å². The fraction of sp³-hybridized carbons (Fsp3) is 0.500. The first-order valence-electron chi connectivity index (χ1n) is 9.47. The molecule has 8 heteroatoms. The van der Waals surface area contributed by atoms with Crippen molar-refractivity contribution in [3.8, 4) is 22.8 Å². The normalized spacial score (nSPS) is 19.8. The van der Waals surface area contributed by atoms with E-state index in [-0.39, 0.29) is 5.69 Å². The molecule has 1 aromatic carbocycles. The van der Waals surface area contributed by atoms with Gasteiger partial charge in [-0.05, 0) is 43.7 Å². The number of piperazine rings is 1. The van der Waals surface area contributed by atoms with Crippen LogP contribution in [0.15, 0.2) is 24.3 Å². The highest BCUT2D eigenvalue weighted by Gasteiger charge is 2.32. The number of ether oxygens (including phenoxy) is 2. The molecular weight excluding hydrogens is 366 g/mol. The molecule has 0 amide bonds. The summed E-state index contributed by atoms with van der Waals surface area (Å²) in [7, 11) is 3.09. The highest BCUT2D eigenvalue weighted by molar-refractivity contribution is 5.65. The number of anilines is 1. The third-order valence-corrected chi connectivity index (χ3v) is 5.51. The van der Waals surface area contributed by atoms with Gasteiger partial charge in [-0.2, -0.15) is 0 Å². The number of halogens is 2. The lowest BCUT2D eigenvalue weighted by molar-refractivity contribution is 0.146. The minimum absolute atomic E-state index is 0.261. The second kappa shape index (κ2) is 7.87. The van der Waals surface area contributed by atoms with Crippen LogP contribution in [-0.4, -0.2) is 61.3 Å². The quantitative estimate of drug-likeness (QED) is 0.780. The Balaban J connectivity index is 1.70. The molecule has 6 nitrogen and oxygen atoms in total. The van der Waals surface area contributed by atoms with Crippen LogP contribution < -0.4 is 14.4 Å². The Labute approximate surface area is 163 Å². The van der Waals surface area contributed by atoms with E-state index in [0.717, 1.165) is 32.6 Å². The topological polar surface area (TPSA) is 50.7 Å². The molecule has 0 bridgehead atoms. The SMILES string of the molecule is COc1ccc(-c2cc(C(F)F)nc(N3CCN4CCC[C@@H]4C3)n2)cc1OC. The molecule has 0 aliphatic carbocycles. The molecule has 3 heterocycles. The molecule has 150 valence electrons. The van der Waals surface area contributed by atoms with E-state index < -0.39 is 6.43 Å². The number of benzene rings is 1. The van der Waals surface area contributed by atoms with Crippen LogP contribution >= 0.6 is 0 Å². The van der Waals surface area contributed by atoms with Gasteiger partial charge in [-0.3, -0.25) is 4.90 Å². The van der Waals surface area contributed by atoms with Gasteiger partial charge in [0.2, 0.25) is 5.95 Å².